The number of thiazole rings is 1. The molecule has 10 heteroatoms. The molecule has 0 saturated heterocycles. The van der Waals surface area contributed by atoms with Crippen molar-refractivity contribution in [1.29, 1.82) is 0 Å². The summed E-state index contributed by atoms with van der Waals surface area (Å²) in [5.41, 5.74) is 5.94. The van der Waals surface area contributed by atoms with Crippen molar-refractivity contribution in [3.63, 3.8) is 0 Å². The Morgan fingerprint density at radius 1 is 1.06 bits per heavy atom. The molecule has 1 aromatic heterocycles. The normalized spacial score (nSPS) is 13.9. The monoisotopic (exact) mass is 481 g/mol. The summed E-state index contributed by atoms with van der Waals surface area (Å²) >= 11 is 1.32. The van der Waals surface area contributed by atoms with Crippen LogP contribution in [0.4, 0.5) is 4.79 Å². The van der Waals surface area contributed by atoms with E-state index in [9.17, 15) is 19.5 Å². The number of hydrogen-bond acceptors (Lipinski definition) is 7. The molecule has 2 aromatic carbocycles. The standard InChI is InChI=1S/C24H23N3O6S/c28-21(23(30)31)11-26-22(29)20(9-14-10-25-13-34-14)27-24(32)33-12-19-17-7-3-1-5-15(17)16-6-2-4-8-18(16)19/h1-8,10,13,19-21,28H,9,11-12H2,(H,26,29)(H,27,32)(H,30,31). The largest absolute Gasteiger partial charge is 0.479 e. The predicted octanol–water partition coefficient (Wildman–Crippen LogP) is 2.15. The van der Waals surface area contributed by atoms with Gasteiger partial charge in [0, 0.05) is 23.4 Å². The zero-order chi connectivity index (χ0) is 24.1. The number of nitrogens with one attached hydrogen (secondary N) is 2. The number of carbonyl (C=O) groups excluding carboxylic acids is 2. The molecule has 0 spiro atoms. The molecule has 0 bridgehead atoms. The number of ether oxygens (including phenoxy) is 1. The third-order valence-corrected chi connectivity index (χ3v) is 6.40. The van der Waals surface area contributed by atoms with Gasteiger partial charge in [0.25, 0.3) is 0 Å². The predicted molar refractivity (Wildman–Crippen MR) is 124 cm³/mol. The SMILES string of the molecule is O=C(NC(Cc1cncs1)C(=O)NCC(O)C(=O)O)OCC1c2ccccc2-c2ccccc21. The van der Waals surface area contributed by atoms with Gasteiger partial charge < -0.3 is 25.6 Å². The van der Waals surface area contributed by atoms with Gasteiger partial charge in [0.05, 0.1) is 12.1 Å². The molecule has 0 radical (unpaired) electrons. The lowest BCUT2D eigenvalue weighted by molar-refractivity contribution is -0.146. The van der Waals surface area contributed by atoms with E-state index in [1.807, 2.05) is 48.5 Å². The highest BCUT2D eigenvalue weighted by Crippen LogP contribution is 2.44. The van der Waals surface area contributed by atoms with Crippen molar-refractivity contribution in [2.45, 2.75) is 24.5 Å². The summed E-state index contributed by atoms with van der Waals surface area (Å²) in [5, 5.41) is 23.1. The number of amides is 2. The maximum absolute atomic E-state index is 12.6. The molecule has 9 nitrogen and oxygen atoms in total. The van der Waals surface area contributed by atoms with Crippen LogP contribution in [0.25, 0.3) is 11.1 Å². The smallest absolute Gasteiger partial charge is 0.407 e. The number of aliphatic hydroxyl groups excluding tert-OH is 1. The van der Waals surface area contributed by atoms with Crippen molar-refractivity contribution in [2.24, 2.45) is 0 Å². The van der Waals surface area contributed by atoms with Gasteiger partial charge in [-0.25, -0.2) is 9.59 Å². The minimum Gasteiger partial charge on any atom is -0.479 e. The molecule has 176 valence electrons. The Labute approximate surface area is 199 Å². The van der Waals surface area contributed by atoms with Crippen LogP contribution in [-0.4, -0.2) is 58.5 Å². The molecule has 2 amide bonds. The summed E-state index contributed by atoms with van der Waals surface area (Å²) in [6.07, 6.45) is -0.798. The average molecular weight is 482 g/mol. The van der Waals surface area contributed by atoms with Crippen LogP contribution in [0.3, 0.4) is 0 Å². The number of nitrogens with zero attached hydrogens (tertiary/aromatic N) is 1. The van der Waals surface area contributed by atoms with E-state index in [0.717, 1.165) is 27.1 Å². The van der Waals surface area contributed by atoms with Crippen LogP contribution in [0, 0.1) is 0 Å². The summed E-state index contributed by atoms with van der Waals surface area (Å²) < 4.78 is 5.52. The number of benzene rings is 2. The van der Waals surface area contributed by atoms with E-state index in [-0.39, 0.29) is 18.9 Å². The first-order valence-corrected chi connectivity index (χ1v) is 11.5. The number of hydrogen-bond donors (Lipinski definition) is 4. The van der Waals surface area contributed by atoms with Crippen LogP contribution >= 0.6 is 11.3 Å². The molecule has 4 N–H and O–H groups in total. The van der Waals surface area contributed by atoms with Crippen molar-refractivity contribution in [3.8, 4) is 11.1 Å². The Morgan fingerprint density at radius 2 is 1.71 bits per heavy atom. The summed E-state index contributed by atoms with van der Waals surface area (Å²) in [6, 6.07) is 14.9. The fourth-order valence-electron chi connectivity index (χ4n) is 3.94. The third kappa shape index (κ3) is 5.24. The van der Waals surface area contributed by atoms with Gasteiger partial charge in [-0.1, -0.05) is 48.5 Å². The summed E-state index contributed by atoms with van der Waals surface area (Å²) in [5.74, 6) is -2.22. The lowest BCUT2D eigenvalue weighted by Gasteiger charge is -2.19. The Kier molecular flexibility index (Phi) is 7.19. The molecule has 34 heavy (non-hydrogen) atoms. The zero-order valence-corrected chi connectivity index (χ0v) is 18.8. The molecule has 2 unspecified atom stereocenters. The van der Waals surface area contributed by atoms with E-state index < -0.39 is 36.7 Å². The highest BCUT2D eigenvalue weighted by molar-refractivity contribution is 7.09. The van der Waals surface area contributed by atoms with E-state index in [1.54, 1.807) is 11.7 Å². The van der Waals surface area contributed by atoms with E-state index in [1.165, 1.54) is 11.3 Å². The van der Waals surface area contributed by atoms with Crippen molar-refractivity contribution in [1.82, 2.24) is 15.6 Å². The van der Waals surface area contributed by atoms with Gasteiger partial charge in [-0.3, -0.25) is 9.78 Å². The quantitative estimate of drug-likeness (QED) is 0.367. The average Bonchev–Trinajstić information content (AvgIpc) is 3.46. The first kappa shape index (κ1) is 23.4. The van der Waals surface area contributed by atoms with Gasteiger partial charge in [-0.15, -0.1) is 11.3 Å². The van der Waals surface area contributed by atoms with Gasteiger partial charge in [0.1, 0.15) is 12.6 Å². The maximum Gasteiger partial charge on any atom is 0.407 e. The van der Waals surface area contributed by atoms with Gasteiger partial charge in [0.15, 0.2) is 6.10 Å². The van der Waals surface area contributed by atoms with Crippen LogP contribution in [0.1, 0.15) is 21.9 Å². The molecule has 1 heterocycles. The second kappa shape index (κ2) is 10.4. The van der Waals surface area contributed by atoms with E-state index in [2.05, 4.69) is 15.6 Å². The molecule has 4 rings (SSSR count). The number of aliphatic hydroxyl groups is 1. The number of carboxylic acid groups (broad SMARTS) is 1. The number of alkyl carbamates (subject to hydrolysis) is 1. The van der Waals surface area contributed by atoms with Crippen molar-refractivity contribution >= 4 is 29.3 Å². The molecular weight excluding hydrogens is 458 g/mol. The molecule has 3 aromatic rings. The second-order valence-electron chi connectivity index (χ2n) is 7.79. The Morgan fingerprint density at radius 3 is 2.29 bits per heavy atom. The number of aliphatic carboxylic acids is 1. The van der Waals surface area contributed by atoms with Crippen molar-refractivity contribution in [2.75, 3.05) is 13.2 Å². The van der Waals surface area contributed by atoms with Crippen LogP contribution in [-0.2, 0) is 20.7 Å². The van der Waals surface area contributed by atoms with Crippen molar-refractivity contribution < 1.29 is 29.3 Å². The highest BCUT2D eigenvalue weighted by atomic mass is 32.1. The second-order valence-corrected chi connectivity index (χ2v) is 8.76. The highest BCUT2D eigenvalue weighted by Gasteiger charge is 2.30. The first-order chi connectivity index (χ1) is 16.4. The number of aromatic nitrogens is 1. The summed E-state index contributed by atoms with van der Waals surface area (Å²) in [6.45, 7) is -0.397. The third-order valence-electron chi connectivity index (χ3n) is 5.60. The van der Waals surface area contributed by atoms with E-state index >= 15 is 0 Å². The summed E-state index contributed by atoms with van der Waals surface area (Å²) in [4.78, 5) is 40.8. The Balaban J connectivity index is 1.42. The van der Waals surface area contributed by atoms with Gasteiger partial charge in [-0.05, 0) is 22.3 Å². The molecule has 2 atom stereocenters. The number of fused-ring (bicyclic) bond motifs is 3. The Bertz CT molecular complexity index is 1140. The molecule has 0 saturated carbocycles. The van der Waals surface area contributed by atoms with Crippen LogP contribution < -0.4 is 10.6 Å². The topological polar surface area (TPSA) is 138 Å². The molecule has 0 aliphatic heterocycles. The van der Waals surface area contributed by atoms with Gasteiger partial charge in [-0.2, -0.15) is 0 Å². The zero-order valence-electron chi connectivity index (χ0n) is 18.0. The number of carbonyl (C=O) groups is 3. The summed E-state index contributed by atoms with van der Waals surface area (Å²) in [7, 11) is 0. The fraction of sp³-hybridized carbons (Fsp3) is 0.250. The lowest BCUT2D eigenvalue weighted by Crippen LogP contribution is -2.50. The lowest BCUT2D eigenvalue weighted by atomic mass is 9.98. The van der Waals surface area contributed by atoms with E-state index in [0.29, 0.717) is 0 Å². The maximum atomic E-state index is 12.6. The van der Waals surface area contributed by atoms with E-state index in [4.69, 9.17) is 9.84 Å². The molecule has 1 aliphatic carbocycles. The first-order valence-electron chi connectivity index (χ1n) is 10.6. The van der Waals surface area contributed by atoms with Crippen molar-refractivity contribution in [3.05, 3.63) is 76.2 Å². The minimum absolute atomic E-state index is 0.0898. The van der Waals surface area contributed by atoms with Gasteiger partial charge >= 0.3 is 12.1 Å². The molecular formula is C24H23N3O6S. The van der Waals surface area contributed by atoms with Crippen LogP contribution in [0.5, 0.6) is 0 Å². The molecule has 1 aliphatic rings. The fourth-order valence-corrected chi connectivity index (χ4v) is 4.59. The molecule has 0 fully saturated rings. The van der Waals surface area contributed by atoms with Gasteiger partial charge in [0.2, 0.25) is 5.91 Å². The Hall–Kier alpha value is -3.76. The minimum atomic E-state index is -1.75. The van der Waals surface area contributed by atoms with Crippen LogP contribution in [0.2, 0.25) is 0 Å². The number of rotatable bonds is 9. The number of carboxylic acids is 1. The van der Waals surface area contributed by atoms with Crippen LogP contribution in [0.15, 0.2) is 60.2 Å².